The first kappa shape index (κ1) is 15.9. The second-order valence-corrected chi connectivity index (χ2v) is 4.41. The molecule has 118 valence electrons. The monoisotopic (exact) mass is 310 g/mol. The van der Waals surface area contributed by atoms with E-state index in [0.717, 1.165) is 10.8 Å². The smallest absolute Gasteiger partial charge is 0.330 e. The zero-order valence-corrected chi connectivity index (χ0v) is 11.8. The molecule has 22 heavy (non-hydrogen) atoms. The third-order valence-corrected chi connectivity index (χ3v) is 3.03. The Morgan fingerprint density at radius 1 is 1.36 bits per heavy atom. The van der Waals surface area contributed by atoms with Gasteiger partial charge in [-0.2, -0.15) is 4.39 Å². The Balaban J connectivity index is 2.21. The maximum Gasteiger partial charge on any atom is 0.330 e. The third kappa shape index (κ3) is 3.41. The summed E-state index contributed by atoms with van der Waals surface area (Å²) < 4.78 is 24.8. The van der Waals surface area contributed by atoms with Gasteiger partial charge in [0.1, 0.15) is 12.4 Å². The predicted octanol–water partition coefficient (Wildman–Crippen LogP) is 0.392. The number of benzene rings is 1. The van der Waals surface area contributed by atoms with Crippen molar-refractivity contribution in [2.45, 2.75) is 12.8 Å². The Morgan fingerprint density at radius 3 is 2.77 bits per heavy atom. The summed E-state index contributed by atoms with van der Waals surface area (Å²) in [7, 11) is 1.32. The van der Waals surface area contributed by atoms with Crippen molar-refractivity contribution in [1.29, 1.82) is 0 Å². The fourth-order valence-corrected chi connectivity index (χ4v) is 1.87. The number of halogens is 1. The van der Waals surface area contributed by atoms with Crippen molar-refractivity contribution in [2.75, 3.05) is 13.7 Å². The number of aromatic nitrogens is 2. The van der Waals surface area contributed by atoms with E-state index in [0.29, 0.717) is 11.3 Å². The molecule has 1 aromatic carbocycles. The number of aromatic amines is 1. The highest BCUT2D eigenvalue weighted by Crippen LogP contribution is 2.19. The van der Waals surface area contributed by atoms with Gasteiger partial charge in [0, 0.05) is 12.7 Å². The first-order valence-corrected chi connectivity index (χ1v) is 6.42. The Kier molecular flexibility index (Phi) is 5.08. The van der Waals surface area contributed by atoms with Crippen LogP contribution in [0, 0.1) is 5.82 Å². The first-order valence-electron chi connectivity index (χ1n) is 6.42. The molecule has 1 heterocycles. The number of nitrogens with one attached hydrogen (secondary N) is 1. The average Bonchev–Trinajstić information content (AvgIpc) is 2.53. The van der Waals surface area contributed by atoms with Crippen LogP contribution in [-0.2, 0) is 11.3 Å². The van der Waals surface area contributed by atoms with E-state index in [1.54, 1.807) is 24.3 Å². The van der Waals surface area contributed by atoms with Crippen LogP contribution < -0.4 is 16.0 Å². The SMILES string of the molecule is COC(COc1ccccc1CO)n1cc(F)c(=O)[nH]c1=O. The lowest BCUT2D eigenvalue weighted by Gasteiger charge is -2.19. The molecule has 7 nitrogen and oxygen atoms in total. The van der Waals surface area contributed by atoms with Crippen LogP contribution in [0.15, 0.2) is 40.1 Å². The maximum atomic E-state index is 13.3. The molecule has 0 aliphatic heterocycles. The molecule has 1 atom stereocenters. The Morgan fingerprint density at radius 2 is 2.09 bits per heavy atom. The van der Waals surface area contributed by atoms with Crippen LogP contribution in [0.2, 0.25) is 0 Å². The summed E-state index contributed by atoms with van der Waals surface area (Å²) in [5, 5.41) is 9.21. The number of aliphatic hydroxyl groups excluding tert-OH is 1. The van der Waals surface area contributed by atoms with E-state index >= 15 is 0 Å². The van der Waals surface area contributed by atoms with E-state index in [9.17, 15) is 19.1 Å². The molecule has 2 aromatic rings. The van der Waals surface area contributed by atoms with Crippen LogP contribution in [0.4, 0.5) is 4.39 Å². The lowest BCUT2D eigenvalue weighted by atomic mass is 10.2. The van der Waals surface area contributed by atoms with Crippen molar-refractivity contribution in [3.05, 3.63) is 62.7 Å². The fourth-order valence-electron chi connectivity index (χ4n) is 1.87. The molecule has 0 radical (unpaired) electrons. The van der Waals surface area contributed by atoms with Gasteiger partial charge in [0.15, 0.2) is 6.23 Å². The highest BCUT2D eigenvalue weighted by atomic mass is 19.1. The summed E-state index contributed by atoms with van der Waals surface area (Å²) in [6.45, 7) is -0.319. The molecular formula is C14H15FN2O5. The van der Waals surface area contributed by atoms with Crippen LogP contribution in [0.3, 0.4) is 0 Å². The third-order valence-electron chi connectivity index (χ3n) is 3.03. The van der Waals surface area contributed by atoms with Gasteiger partial charge in [0.05, 0.1) is 12.8 Å². The van der Waals surface area contributed by atoms with Crippen molar-refractivity contribution in [2.24, 2.45) is 0 Å². The van der Waals surface area contributed by atoms with E-state index in [4.69, 9.17) is 9.47 Å². The summed E-state index contributed by atoms with van der Waals surface area (Å²) in [5.74, 6) is -0.678. The minimum absolute atomic E-state index is 0.112. The Hall–Kier alpha value is -2.45. The summed E-state index contributed by atoms with van der Waals surface area (Å²) >= 11 is 0. The summed E-state index contributed by atoms with van der Waals surface area (Å²) in [4.78, 5) is 24.6. The highest BCUT2D eigenvalue weighted by Gasteiger charge is 2.15. The quantitative estimate of drug-likeness (QED) is 0.805. The first-order chi connectivity index (χ1) is 10.6. The number of methoxy groups -OCH3 is 1. The van der Waals surface area contributed by atoms with E-state index < -0.39 is 23.3 Å². The van der Waals surface area contributed by atoms with Gasteiger partial charge in [-0.3, -0.25) is 14.3 Å². The summed E-state index contributed by atoms with van der Waals surface area (Å²) in [5.41, 5.74) is -1.34. The lowest BCUT2D eigenvalue weighted by Crippen LogP contribution is -2.36. The van der Waals surface area contributed by atoms with Gasteiger partial charge in [-0.15, -0.1) is 0 Å². The van der Waals surface area contributed by atoms with Crippen molar-refractivity contribution in [3.63, 3.8) is 0 Å². The standard InChI is InChI=1S/C14H15FN2O5/c1-21-12(17-6-10(15)13(19)16-14(17)20)8-22-11-5-3-2-4-9(11)7-18/h2-6,12,18H,7-8H2,1H3,(H,16,19,20). The molecule has 0 saturated carbocycles. The molecule has 2 rings (SSSR count). The Bertz CT molecular complexity index is 755. The molecule has 1 aromatic heterocycles. The summed E-state index contributed by atoms with van der Waals surface area (Å²) in [6.07, 6.45) is -0.179. The normalized spacial score (nSPS) is 12.1. The maximum absolute atomic E-state index is 13.3. The average molecular weight is 310 g/mol. The number of nitrogens with zero attached hydrogens (tertiary/aromatic N) is 1. The number of hydrogen-bond acceptors (Lipinski definition) is 5. The molecule has 1 unspecified atom stereocenters. The molecule has 0 fully saturated rings. The molecule has 0 saturated heterocycles. The molecule has 0 amide bonds. The number of rotatable bonds is 6. The van der Waals surface area contributed by atoms with Gasteiger partial charge in [-0.05, 0) is 6.07 Å². The van der Waals surface area contributed by atoms with Gasteiger partial charge in [0.25, 0.3) is 5.56 Å². The lowest BCUT2D eigenvalue weighted by molar-refractivity contribution is 0.000904. The van der Waals surface area contributed by atoms with Gasteiger partial charge < -0.3 is 14.6 Å². The molecule has 0 bridgehead atoms. The van der Waals surface area contributed by atoms with Crippen molar-refractivity contribution in [1.82, 2.24) is 9.55 Å². The van der Waals surface area contributed by atoms with Gasteiger partial charge in [0.2, 0.25) is 5.82 Å². The second-order valence-electron chi connectivity index (χ2n) is 4.41. The van der Waals surface area contributed by atoms with Crippen LogP contribution >= 0.6 is 0 Å². The zero-order chi connectivity index (χ0) is 16.1. The van der Waals surface area contributed by atoms with Crippen LogP contribution in [-0.4, -0.2) is 28.4 Å². The van der Waals surface area contributed by atoms with Crippen LogP contribution in [0.5, 0.6) is 5.75 Å². The highest BCUT2D eigenvalue weighted by molar-refractivity contribution is 5.32. The van der Waals surface area contributed by atoms with Gasteiger partial charge >= 0.3 is 5.69 Å². The molecular weight excluding hydrogens is 295 g/mol. The number of hydrogen-bond donors (Lipinski definition) is 2. The largest absolute Gasteiger partial charge is 0.488 e. The van der Waals surface area contributed by atoms with Crippen molar-refractivity contribution in [3.8, 4) is 5.75 Å². The number of ether oxygens (including phenoxy) is 2. The number of para-hydroxylation sites is 1. The molecule has 8 heteroatoms. The second kappa shape index (κ2) is 7.01. The van der Waals surface area contributed by atoms with E-state index in [2.05, 4.69) is 0 Å². The molecule has 0 aliphatic rings. The topological polar surface area (TPSA) is 93.5 Å². The molecule has 0 aliphatic carbocycles. The van der Waals surface area contributed by atoms with Crippen LogP contribution in [0.25, 0.3) is 0 Å². The number of aliphatic hydroxyl groups is 1. The van der Waals surface area contributed by atoms with E-state index in [1.807, 2.05) is 4.98 Å². The molecule has 2 N–H and O–H groups in total. The van der Waals surface area contributed by atoms with E-state index in [-0.39, 0.29) is 13.2 Å². The van der Waals surface area contributed by atoms with Crippen molar-refractivity contribution >= 4 is 0 Å². The Labute approximate surface area is 124 Å². The fraction of sp³-hybridized carbons (Fsp3) is 0.286. The minimum atomic E-state index is -1.10. The van der Waals surface area contributed by atoms with Crippen molar-refractivity contribution < 1.29 is 19.0 Å². The molecule has 0 spiro atoms. The number of H-pyrrole nitrogens is 1. The zero-order valence-electron chi connectivity index (χ0n) is 11.8. The summed E-state index contributed by atoms with van der Waals surface area (Å²) in [6, 6.07) is 6.80. The van der Waals surface area contributed by atoms with E-state index in [1.165, 1.54) is 7.11 Å². The van der Waals surface area contributed by atoms with Crippen LogP contribution in [0.1, 0.15) is 11.8 Å². The minimum Gasteiger partial charge on any atom is -0.488 e. The van der Waals surface area contributed by atoms with Gasteiger partial charge in [-0.1, -0.05) is 18.2 Å². The predicted molar refractivity (Wildman–Crippen MR) is 75.2 cm³/mol. The van der Waals surface area contributed by atoms with Gasteiger partial charge in [-0.25, -0.2) is 4.79 Å².